The van der Waals surface area contributed by atoms with E-state index in [0.29, 0.717) is 6.42 Å². The molecule has 1 aromatic heterocycles. The van der Waals surface area contributed by atoms with E-state index < -0.39 is 0 Å². The molecule has 64 valence electrons. The minimum atomic E-state index is 0.135. The van der Waals surface area contributed by atoms with Gasteiger partial charge in [0.1, 0.15) is 0 Å². The molecule has 0 fully saturated rings. The summed E-state index contributed by atoms with van der Waals surface area (Å²) < 4.78 is 0.911. The largest absolute Gasteiger partial charge is 0.294 e. The molecule has 0 saturated carbocycles. The molecule has 0 aromatic carbocycles. The van der Waals surface area contributed by atoms with Gasteiger partial charge in [-0.3, -0.25) is 4.79 Å². The fraction of sp³-hybridized carbons (Fsp3) is 0.222. The van der Waals surface area contributed by atoms with Gasteiger partial charge >= 0.3 is 0 Å². The minimum Gasteiger partial charge on any atom is -0.294 e. The Balaban J connectivity index is 2.78. The van der Waals surface area contributed by atoms with E-state index in [9.17, 15) is 4.79 Å². The maximum Gasteiger partial charge on any atom is 0.168 e. The molecule has 0 bridgehead atoms. The molecule has 3 heteroatoms. The number of hydrogen-bond donors (Lipinski definition) is 0. The Kier molecular flexibility index (Phi) is 3.23. The van der Waals surface area contributed by atoms with Crippen molar-refractivity contribution in [2.75, 3.05) is 0 Å². The predicted molar refractivity (Wildman–Crippen MR) is 55.8 cm³/mol. The molecule has 1 heterocycles. The van der Waals surface area contributed by atoms with Crippen molar-refractivity contribution in [3.8, 4) is 0 Å². The van der Waals surface area contributed by atoms with Crippen molar-refractivity contribution < 1.29 is 4.79 Å². The first kappa shape index (κ1) is 9.68. The first-order valence-electron chi connectivity index (χ1n) is 3.52. The Bertz CT molecular complexity index is 314. The van der Waals surface area contributed by atoms with Gasteiger partial charge in [-0.1, -0.05) is 12.2 Å². The molecule has 0 unspecified atom stereocenters. The Hall–Kier alpha value is -0.410. The average molecular weight is 245 g/mol. The van der Waals surface area contributed by atoms with Gasteiger partial charge in [-0.05, 0) is 34.3 Å². The molecule has 1 aromatic rings. The number of carbonyl (C=O) groups excluding carboxylic acids is 1. The van der Waals surface area contributed by atoms with E-state index in [-0.39, 0.29) is 5.78 Å². The zero-order valence-corrected chi connectivity index (χ0v) is 9.17. The monoisotopic (exact) mass is 244 g/mol. The molecule has 0 amide bonds. The van der Waals surface area contributed by atoms with Crippen LogP contribution in [0.4, 0.5) is 0 Å². The van der Waals surface area contributed by atoms with Crippen molar-refractivity contribution in [3.05, 3.63) is 32.9 Å². The van der Waals surface area contributed by atoms with Crippen LogP contribution in [0.25, 0.3) is 0 Å². The standard InChI is InChI=1S/C9H9BrOS/c1-6(2)5-8(11)7-3-4-12-9(7)10/h3-4H,1,5H2,2H3. The third-order valence-electron chi connectivity index (χ3n) is 1.38. The number of halogens is 1. The maximum atomic E-state index is 11.5. The lowest BCUT2D eigenvalue weighted by Crippen LogP contribution is -1.97. The summed E-state index contributed by atoms with van der Waals surface area (Å²) in [7, 11) is 0. The highest BCUT2D eigenvalue weighted by atomic mass is 79.9. The van der Waals surface area contributed by atoms with Crippen LogP contribution in [0.15, 0.2) is 27.4 Å². The van der Waals surface area contributed by atoms with Crippen LogP contribution in [0.2, 0.25) is 0 Å². The number of thiophene rings is 1. The molecule has 0 saturated heterocycles. The van der Waals surface area contributed by atoms with Crippen molar-refractivity contribution in [3.63, 3.8) is 0 Å². The summed E-state index contributed by atoms with van der Waals surface area (Å²) in [6, 6.07) is 1.83. The number of carbonyl (C=O) groups is 1. The van der Waals surface area contributed by atoms with Crippen LogP contribution in [-0.2, 0) is 0 Å². The number of allylic oxidation sites excluding steroid dienone is 1. The molecule has 0 aliphatic carbocycles. The summed E-state index contributed by atoms with van der Waals surface area (Å²) in [6.07, 6.45) is 0.440. The molecule has 1 rings (SSSR count). The SMILES string of the molecule is C=C(C)CC(=O)c1ccsc1Br. The van der Waals surface area contributed by atoms with Crippen LogP contribution < -0.4 is 0 Å². The lowest BCUT2D eigenvalue weighted by molar-refractivity contribution is 0.0993. The van der Waals surface area contributed by atoms with Gasteiger partial charge in [0.2, 0.25) is 0 Å². The van der Waals surface area contributed by atoms with Crippen LogP contribution in [0, 0.1) is 0 Å². The van der Waals surface area contributed by atoms with E-state index in [1.165, 1.54) is 11.3 Å². The summed E-state index contributed by atoms with van der Waals surface area (Å²) in [4.78, 5) is 11.5. The molecule has 0 radical (unpaired) electrons. The maximum absolute atomic E-state index is 11.5. The summed E-state index contributed by atoms with van der Waals surface area (Å²) in [5, 5.41) is 1.90. The molecule has 0 atom stereocenters. The second-order valence-electron chi connectivity index (χ2n) is 2.67. The molecule has 1 nitrogen and oxygen atoms in total. The third-order valence-corrected chi connectivity index (χ3v) is 3.07. The summed E-state index contributed by atoms with van der Waals surface area (Å²) in [6.45, 7) is 5.56. The van der Waals surface area contributed by atoms with Crippen molar-refractivity contribution >= 4 is 33.0 Å². The van der Waals surface area contributed by atoms with Gasteiger partial charge in [-0.2, -0.15) is 0 Å². The zero-order valence-electron chi connectivity index (χ0n) is 6.76. The summed E-state index contributed by atoms with van der Waals surface area (Å²) in [5.74, 6) is 0.135. The van der Waals surface area contributed by atoms with Crippen LogP contribution in [0.3, 0.4) is 0 Å². The Labute approximate surface area is 84.2 Å². The third kappa shape index (κ3) is 2.29. The van der Waals surface area contributed by atoms with Gasteiger partial charge in [0, 0.05) is 12.0 Å². The molecule has 0 N–H and O–H groups in total. The van der Waals surface area contributed by atoms with Gasteiger partial charge in [-0.25, -0.2) is 0 Å². The zero-order chi connectivity index (χ0) is 9.14. The van der Waals surface area contributed by atoms with Gasteiger partial charge < -0.3 is 0 Å². The fourth-order valence-corrected chi connectivity index (χ4v) is 2.17. The van der Waals surface area contributed by atoms with Crippen molar-refractivity contribution in [1.29, 1.82) is 0 Å². The minimum absolute atomic E-state index is 0.135. The molecule has 0 aliphatic heterocycles. The smallest absolute Gasteiger partial charge is 0.168 e. The number of hydrogen-bond acceptors (Lipinski definition) is 2. The van der Waals surface area contributed by atoms with Gasteiger partial charge in [0.25, 0.3) is 0 Å². The van der Waals surface area contributed by atoms with Crippen molar-refractivity contribution in [2.24, 2.45) is 0 Å². The Morgan fingerprint density at radius 1 is 1.75 bits per heavy atom. The Morgan fingerprint density at radius 2 is 2.42 bits per heavy atom. The fourth-order valence-electron chi connectivity index (χ4n) is 0.863. The predicted octanol–water partition coefficient (Wildman–Crippen LogP) is 3.66. The van der Waals surface area contributed by atoms with Crippen LogP contribution in [0.5, 0.6) is 0 Å². The first-order chi connectivity index (χ1) is 5.61. The lowest BCUT2D eigenvalue weighted by atomic mass is 10.1. The number of Topliss-reactive ketones (excluding diaryl/α,β-unsaturated/α-hetero) is 1. The first-order valence-corrected chi connectivity index (χ1v) is 5.19. The van der Waals surface area contributed by atoms with Gasteiger partial charge in [0.15, 0.2) is 5.78 Å². The second kappa shape index (κ2) is 4.01. The normalized spacial score (nSPS) is 9.83. The lowest BCUT2D eigenvalue weighted by Gasteiger charge is -1.97. The average Bonchev–Trinajstić information content (AvgIpc) is 2.33. The topological polar surface area (TPSA) is 17.1 Å². The number of ketones is 1. The van der Waals surface area contributed by atoms with E-state index in [1.54, 1.807) is 0 Å². The van der Waals surface area contributed by atoms with E-state index >= 15 is 0 Å². The second-order valence-corrected chi connectivity index (χ2v) is 4.90. The van der Waals surface area contributed by atoms with Crippen LogP contribution >= 0.6 is 27.3 Å². The van der Waals surface area contributed by atoms with Crippen molar-refractivity contribution in [1.82, 2.24) is 0 Å². The van der Waals surface area contributed by atoms with Crippen LogP contribution in [-0.4, -0.2) is 5.78 Å². The van der Waals surface area contributed by atoms with E-state index in [4.69, 9.17) is 0 Å². The quantitative estimate of drug-likeness (QED) is 0.586. The number of rotatable bonds is 3. The molecule has 0 aliphatic rings. The van der Waals surface area contributed by atoms with Gasteiger partial charge in [0.05, 0.1) is 3.79 Å². The molecular formula is C9H9BrOS. The highest BCUT2D eigenvalue weighted by Crippen LogP contribution is 2.25. The van der Waals surface area contributed by atoms with Crippen molar-refractivity contribution in [2.45, 2.75) is 13.3 Å². The highest BCUT2D eigenvalue weighted by molar-refractivity contribution is 9.11. The van der Waals surface area contributed by atoms with Gasteiger partial charge in [-0.15, -0.1) is 11.3 Å². The Morgan fingerprint density at radius 3 is 2.83 bits per heavy atom. The van der Waals surface area contributed by atoms with E-state index in [1.807, 2.05) is 18.4 Å². The van der Waals surface area contributed by atoms with E-state index in [0.717, 1.165) is 14.9 Å². The van der Waals surface area contributed by atoms with Crippen LogP contribution in [0.1, 0.15) is 23.7 Å². The summed E-state index contributed by atoms with van der Waals surface area (Å²) in [5.41, 5.74) is 1.67. The molecule has 12 heavy (non-hydrogen) atoms. The molecule has 0 spiro atoms. The van der Waals surface area contributed by atoms with E-state index in [2.05, 4.69) is 22.5 Å². The summed E-state index contributed by atoms with van der Waals surface area (Å²) >= 11 is 4.85. The highest BCUT2D eigenvalue weighted by Gasteiger charge is 2.10. The molecular weight excluding hydrogens is 236 g/mol.